The molecule has 53 valence electrons. The molecule has 0 spiro atoms. The van der Waals surface area contributed by atoms with E-state index < -0.39 is 0 Å². The van der Waals surface area contributed by atoms with Gasteiger partial charge in [0.2, 0.25) is 0 Å². The topological polar surface area (TPSA) is 30.2 Å². The second kappa shape index (κ2) is 3.41. The molecule has 0 aliphatic rings. The Kier molecular flexibility index (Phi) is 2.74. The van der Waals surface area contributed by atoms with Crippen molar-refractivity contribution in [1.29, 1.82) is 0 Å². The molecule has 1 radical (unpaired) electrons. The Labute approximate surface area is 89.7 Å². The van der Waals surface area contributed by atoms with E-state index in [1.165, 1.54) is 0 Å². The fourth-order valence-electron chi connectivity index (χ4n) is 0.872. The Morgan fingerprint density at radius 1 is 1.55 bits per heavy atom. The van der Waals surface area contributed by atoms with Gasteiger partial charge in [0.25, 0.3) is 0 Å². The first-order valence-corrected chi connectivity index (χ1v) is 3.04. The quantitative estimate of drug-likeness (QED) is 0.617. The standard InChI is InChI=1S/C7H6N3.Y/c1-6-2-7-4-8-5-10(7)9-3-6;/h2,4-5H,1H3;/q-1;. The van der Waals surface area contributed by atoms with Crippen LogP contribution in [0.3, 0.4) is 0 Å². The molecule has 0 aliphatic carbocycles. The predicted octanol–water partition coefficient (Wildman–Crippen LogP) is 0.835. The van der Waals surface area contributed by atoms with Gasteiger partial charge in [-0.2, -0.15) is 6.07 Å². The Hall–Kier alpha value is -0.276. The number of rotatable bonds is 0. The molecule has 11 heavy (non-hydrogen) atoms. The molecule has 0 aliphatic heterocycles. The van der Waals surface area contributed by atoms with Gasteiger partial charge in [-0.25, -0.2) is 10.5 Å². The summed E-state index contributed by atoms with van der Waals surface area (Å²) in [7, 11) is 0. The number of hydrogen-bond acceptors (Lipinski definition) is 2. The molecule has 0 aromatic carbocycles. The average molecular weight is 221 g/mol. The monoisotopic (exact) mass is 221 g/mol. The molecule has 0 unspecified atom stereocenters. The van der Waals surface area contributed by atoms with Crippen LogP contribution in [0, 0.1) is 13.1 Å². The van der Waals surface area contributed by atoms with E-state index in [0.29, 0.717) is 0 Å². The van der Waals surface area contributed by atoms with E-state index in [1.54, 1.807) is 17.0 Å². The van der Waals surface area contributed by atoms with E-state index in [0.717, 1.165) is 11.1 Å². The summed E-state index contributed by atoms with van der Waals surface area (Å²) >= 11 is 0. The van der Waals surface area contributed by atoms with Gasteiger partial charge in [-0.1, -0.05) is 6.92 Å². The zero-order chi connectivity index (χ0) is 6.97. The molecule has 0 bridgehead atoms. The third kappa shape index (κ3) is 1.65. The van der Waals surface area contributed by atoms with Gasteiger partial charge < -0.3 is 0 Å². The summed E-state index contributed by atoms with van der Waals surface area (Å²) in [5.41, 5.74) is 2.05. The number of nitrogens with zero attached hydrogens (tertiary/aromatic N) is 3. The van der Waals surface area contributed by atoms with Crippen LogP contribution in [0.2, 0.25) is 0 Å². The van der Waals surface area contributed by atoms with Crippen molar-refractivity contribution in [3.63, 3.8) is 0 Å². The molecule has 0 N–H and O–H groups in total. The fourth-order valence-corrected chi connectivity index (χ4v) is 0.872. The first-order chi connectivity index (χ1) is 4.86. The number of aromatic nitrogens is 3. The van der Waals surface area contributed by atoms with Gasteiger partial charge in [0, 0.05) is 44.4 Å². The summed E-state index contributed by atoms with van der Waals surface area (Å²) in [4.78, 5) is 3.92. The Morgan fingerprint density at radius 3 is 3.18 bits per heavy atom. The van der Waals surface area contributed by atoms with Crippen LogP contribution in [0.1, 0.15) is 5.56 Å². The van der Waals surface area contributed by atoms with Gasteiger partial charge in [-0.3, -0.25) is 9.61 Å². The number of hydrogen-bond donors (Lipinski definition) is 0. The molecular weight excluding hydrogens is 215 g/mol. The Balaban J connectivity index is 0.000000605. The average Bonchev–Trinajstić information content (AvgIpc) is 2.33. The molecule has 4 heteroatoms. The van der Waals surface area contributed by atoms with Crippen LogP contribution in [0.5, 0.6) is 0 Å². The summed E-state index contributed by atoms with van der Waals surface area (Å²) in [5.74, 6) is 0. The first kappa shape index (κ1) is 8.82. The minimum absolute atomic E-state index is 0. The molecule has 0 saturated carbocycles. The minimum atomic E-state index is 0. The third-order valence-electron chi connectivity index (χ3n) is 1.35. The SMILES string of the molecule is Cc1[c-]nn2cncc2c1.[Y]. The van der Waals surface area contributed by atoms with Crippen LogP contribution in [0.25, 0.3) is 5.52 Å². The molecular formula is C7H6N3Y-. The van der Waals surface area contributed by atoms with Crippen LogP contribution in [-0.4, -0.2) is 14.6 Å². The summed E-state index contributed by atoms with van der Waals surface area (Å²) < 4.78 is 1.69. The van der Waals surface area contributed by atoms with Crippen LogP contribution < -0.4 is 0 Å². The summed E-state index contributed by atoms with van der Waals surface area (Å²) in [6, 6.07) is 1.99. The zero-order valence-corrected chi connectivity index (χ0v) is 8.99. The van der Waals surface area contributed by atoms with E-state index in [4.69, 9.17) is 0 Å². The zero-order valence-electron chi connectivity index (χ0n) is 6.15. The number of aryl methyl sites for hydroxylation is 1. The molecule has 0 fully saturated rings. The van der Waals surface area contributed by atoms with Crippen LogP contribution in [0.4, 0.5) is 0 Å². The van der Waals surface area contributed by atoms with Gasteiger partial charge in [0.1, 0.15) is 6.33 Å². The van der Waals surface area contributed by atoms with Crippen molar-refractivity contribution in [1.82, 2.24) is 14.6 Å². The smallest absolute Gasteiger partial charge is 0.114 e. The molecule has 3 nitrogen and oxygen atoms in total. The largest absolute Gasteiger partial charge is 0.283 e. The molecule has 0 atom stereocenters. The van der Waals surface area contributed by atoms with E-state index in [-0.39, 0.29) is 32.7 Å². The number of fused-ring (bicyclic) bond motifs is 1. The van der Waals surface area contributed by atoms with Gasteiger partial charge in [0.05, 0.1) is 0 Å². The van der Waals surface area contributed by atoms with Crippen LogP contribution >= 0.6 is 0 Å². The maximum atomic E-state index is 3.97. The van der Waals surface area contributed by atoms with E-state index in [1.807, 2.05) is 13.0 Å². The van der Waals surface area contributed by atoms with Gasteiger partial charge in [-0.15, -0.1) is 6.20 Å². The number of imidazole rings is 1. The summed E-state index contributed by atoms with van der Waals surface area (Å²) in [6.07, 6.45) is 6.26. The molecule has 2 rings (SSSR count). The molecule has 2 aromatic rings. The first-order valence-electron chi connectivity index (χ1n) is 3.04. The fraction of sp³-hybridized carbons (Fsp3) is 0.143. The van der Waals surface area contributed by atoms with E-state index >= 15 is 0 Å². The summed E-state index contributed by atoms with van der Waals surface area (Å²) in [5, 5.41) is 3.97. The van der Waals surface area contributed by atoms with Crippen molar-refractivity contribution in [2.45, 2.75) is 6.92 Å². The van der Waals surface area contributed by atoms with Crippen molar-refractivity contribution in [2.24, 2.45) is 0 Å². The van der Waals surface area contributed by atoms with Crippen molar-refractivity contribution in [2.75, 3.05) is 0 Å². The maximum Gasteiger partial charge on any atom is 0.114 e. The van der Waals surface area contributed by atoms with Crippen molar-refractivity contribution in [3.8, 4) is 0 Å². The Bertz CT molecular complexity index is 355. The molecule has 0 saturated heterocycles. The van der Waals surface area contributed by atoms with Gasteiger partial charge in [0.15, 0.2) is 0 Å². The molecule has 0 amide bonds. The van der Waals surface area contributed by atoms with Crippen LogP contribution in [0.15, 0.2) is 18.6 Å². The Morgan fingerprint density at radius 2 is 2.36 bits per heavy atom. The predicted molar refractivity (Wildman–Crippen MR) is 36.6 cm³/mol. The molecule has 2 heterocycles. The van der Waals surface area contributed by atoms with E-state index in [9.17, 15) is 0 Å². The molecule has 2 aromatic heterocycles. The van der Waals surface area contributed by atoms with Crippen molar-refractivity contribution in [3.05, 3.63) is 30.4 Å². The van der Waals surface area contributed by atoms with E-state index in [2.05, 4.69) is 16.3 Å². The van der Waals surface area contributed by atoms with Crippen molar-refractivity contribution < 1.29 is 32.7 Å². The third-order valence-corrected chi connectivity index (χ3v) is 1.35. The van der Waals surface area contributed by atoms with Crippen LogP contribution in [-0.2, 0) is 32.7 Å². The van der Waals surface area contributed by atoms with Gasteiger partial charge in [-0.05, 0) is 0 Å². The second-order valence-corrected chi connectivity index (χ2v) is 2.20. The normalized spacial score (nSPS) is 9.55. The van der Waals surface area contributed by atoms with Gasteiger partial charge >= 0.3 is 0 Å². The summed E-state index contributed by atoms with van der Waals surface area (Å²) in [6.45, 7) is 1.96. The second-order valence-electron chi connectivity index (χ2n) is 2.20. The maximum absolute atomic E-state index is 3.97. The minimum Gasteiger partial charge on any atom is -0.283 e. The van der Waals surface area contributed by atoms with Crippen molar-refractivity contribution >= 4 is 5.52 Å².